The van der Waals surface area contributed by atoms with Gasteiger partial charge in [-0.2, -0.15) is 0 Å². The van der Waals surface area contributed by atoms with E-state index < -0.39 is 0 Å². The fourth-order valence-electron chi connectivity index (χ4n) is 2.18. The summed E-state index contributed by atoms with van der Waals surface area (Å²) < 4.78 is 6.12. The summed E-state index contributed by atoms with van der Waals surface area (Å²) in [5.41, 5.74) is 6.97. The second kappa shape index (κ2) is 5.32. The van der Waals surface area contributed by atoms with E-state index in [0.29, 0.717) is 23.8 Å². The number of benzene rings is 1. The van der Waals surface area contributed by atoms with Crippen LogP contribution in [-0.4, -0.2) is 16.8 Å². The Morgan fingerprint density at radius 1 is 1.40 bits per heavy atom. The molecule has 3 rings (SSSR count). The molecule has 1 fully saturated rings. The van der Waals surface area contributed by atoms with E-state index >= 15 is 0 Å². The molecule has 2 N–H and O–H groups in total. The maximum absolute atomic E-state index is 12.7. The van der Waals surface area contributed by atoms with Crippen LogP contribution in [0.2, 0.25) is 0 Å². The SMILES string of the molecule is Nc1ccc(Br)c(C(=O)N(Cc2ccco2)C2CC2)c1. The van der Waals surface area contributed by atoms with Crippen molar-refractivity contribution in [3.8, 4) is 0 Å². The van der Waals surface area contributed by atoms with Crippen molar-refractivity contribution in [3.63, 3.8) is 0 Å². The summed E-state index contributed by atoms with van der Waals surface area (Å²) in [4.78, 5) is 14.6. The highest BCUT2D eigenvalue weighted by Crippen LogP contribution is 2.31. The van der Waals surface area contributed by atoms with Crippen LogP contribution in [0, 0.1) is 0 Å². The molecule has 1 amide bonds. The number of carbonyl (C=O) groups is 1. The van der Waals surface area contributed by atoms with Gasteiger partial charge in [-0.3, -0.25) is 4.79 Å². The summed E-state index contributed by atoms with van der Waals surface area (Å²) in [6, 6.07) is 9.32. The predicted octanol–water partition coefficient (Wildman–Crippen LogP) is 3.43. The van der Waals surface area contributed by atoms with Gasteiger partial charge in [-0.1, -0.05) is 0 Å². The molecule has 0 bridgehead atoms. The second-order valence-electron chi connectivity index (χ2n) is 4.98. The number of furan rings is 1. The fraction of sp³-hybridized carbons (Fsp3) is 0.267. The first-order valence-corrected chi connectivity index (χ1v) is 7.33. The third-order valence-electron chi connectivity index (χ3n) is 3.38. The van der Waals surface area contributed by atoms with Gasteiger partial charge < -0.3 is 15.1 Å². The van der Waals surface area contributed by atoms with Crippen LogP contribution < -0.4 is 5.73 Å². The molecule has 0 unspecified atom stereocenters. The zero-order chi connectivity index (χ0) is 14.1. The van der Waals surface area contributed by atoms with Crippen molar-refractivity contribution >= 4 is 27.5 Å². The number of anilines is 1. The Morgan fingerprint density at radius 2 is 2.20 bits per heavy atom. The van der Waals surface area contributed by atoms with Gasteiger partial charge in [0.05, 0.1) is 18.4 Å². The number of amides is 1. The molecule has 1 heterocycles. The smallest absolute Gasteiger partial charge is 0.255 e. The van der Waals surface area contributed by atoms with Crippen molar-refractivity contribution in [2.24, 2.45) is 0 Å². The molecular formula is C15H15BrN2O2. The average molecular weight is 335 g/mol. The first-order valence-electron chi connectivity index (χ1n) is 6.53. The van der Waals surface area contributed by atoms with E-state index in [0.717, 1.165) is 23.1 Å². The van der Waals surface area contributed by atoms with E-state index in [1.165, 1.54) is 0 Å². The first kappa shape index (κ1) is 13.2. The molecular weight excluding hydrogens is 320 g/mol. The van der Waals surface area contributed by atoms with Crippen molar-refractivity contribution in [1.29, 1.82) is 0 Å². The number of halogens is 1. The molecule has 2 aromatic rings. The number of rotatable bonds is 4. The quantitative estimate of drug-likeness (QED) is 0.871. The minimum atomic E-state index is -0.0110. The van der Waals surface area contributed by atoms with Gasteiger partial charge in [0, 0.05) is 16.2 Å². The number of nitrogens with two attached hydrogens (primary N) is 1. The number of hydrogen-bond donors (Lipinski definition) is 1. The molecule has 4 nitrogen and oxygen atoms in total. The van der Waals surface area contributed by atoms with Crippen molar-refractivity contribution in [2.45, 2.75) is 25.4 Å². The summed E-state index contributed by atoms with van der Waals surface area (Å²) in [5.74, 6) is 0.786. The predicted molar refractivity (Wildman–Crippen MR) is 80.2 cm³/mol. The minimum absolute atomic E-state index is 0.0110. The number of hydrogen-bond acceptors (Lipinski definition) is 3. The third kappa shape index (κ3) is 2.72. The Morgan fingerprint density at radius 3 is 2.85 bits per heavy atom. The fourth-order valence-corrected chi connectivity index (χ4v) is 2.60. The topological polar surface area (TPSA) is 59.5 Å². The molecule has 1 aliphatic rings. The van der Waals surface area contributed by atoms with Crippen LogP contribution in [0.25, 0.3) is 0 Å². The molecule has 1 aromatic carbocycles. The molecule has 0 aliphatic heterocycles. The largest absolute Gasteiger partial charge is 0.467 e. The number of nitrogen functional groups attached to an aromatic ring is 1. The molecule has 0 saturated heterocycles. The third-order valence-corrected chi connectivity index (χ3v) is 4.07. The van der Waals surface area contributed by atoms with Crippen molar-refractivity contribution in [3.05, 3.63) is 52.4 Å². The van der Waals surface area contributed by atoms with Gasteiger partial charge >= 0.3 is 0 Å². The van der Waals surface area contributed by atoms with E-state index in [9.17, 15) is 4.79 Å². The maximum Gasteiger partial charge on any atom is 0.255 e. The van der Waals surface area contributed by atoms with Gasteiger partial charge in [0.15, 0.2) is 0 Å². The minimum Gasteiger partial charge on any atom is -0.467 e. The summed E-state index contributed by atoms with van der Waals surface area (Å²) in [6.07, 6.45) is 3.72. The molecule has 1 aliphatic carbocycles. The molecule has 104 valence electrons. The van der Waals surface area contributed by atoms with E-state index in [4.69, 9.17) is 10.2 Å². The lowest BCUT2D eigenvalue weighted by molar-refractivity contribution is 0.0716. The van der Waals surface area contributed by atoms with Crippen LogP contribution in [0.1, 0.15) is 29.0 Å². The molecule has 5 heteroatoms. The monoisotopic (exact) mass is 334 g/mol. The van der Waals surface area contributed by atoms with Gasteiger partial charge in [-0.15, -0.1) is 0 Å². The zero-order valence-corrected chi connectivity index (χ0v) is 12.5. The van der Waals surface area contributed by atoms with E-state index in [1.807, 2.05) is 17.0 Å². The highest BCUT2D eigenvalue weighted by atomic mass is 79.9. The zero-order valence-electron chi connectivity index (χ0n) is 10.9. The lowest BCUT2D eigenvalue weighted by atomic mass is 10.1. The van der Waals surface area contributed by atoms with E-state index in [1.54, 1.807) is 24.5 Å². The highest BCUT2D eigenvalue weighted by molar-refractivity contribution is 9.10. The van der Waals surface area contributed by atoms with E-state index in [-0.39, 0.29) is 5.91 Å². The van der Waals surface area contributed by atoms with Gasteiger partial charge in [0.25, 0.3) is 5.91 Å². The van der Waals surface area contributed by atoms with Crippen molar-refractivity contribution in [1.82, 2.24) is 4.90 Å². The highest BCUT2D eigenvalue weighted by Gasteiger charge is 2.34. The van der Waals surface area contributed by atoms with Crippen molar-refractivity contribution < 1.29 is 9.21 Å². The molecule has 0 radical (unpaired) electrons. The van der Waals surface area contributed by atoms with Gasteiger partial charge in [-0.25, -0.2) is 0 Å². The Bertz CT molecular complexity index is 621. The van der Waals surface area contributed by atoms with Crippen LogP contribution >= 0.6 is 15.9 Å². The summed E-state index contributed by atoms with van der Waals surface area (Å²) in [7, 11) is 0. The van der Waals surface area contributed by atoms with Crippen LogP contribution in [0.4, 0.5) is 5.69 Å². The van der Waals surface area contributed by atoms with E-state index in [2.05, 4.69) is 15.9 Å². The van der Waals surface area contributed by atoms with Crippen LogP contribution in [0.15, 0.2) is 45.5 Å². The lowest BCUT2D eigenvalue weighted by Crippen LogP contribution is -2.32. The van der Waals surface area contributed by atoms with Gasteiger partial charge in [-0.05, 0) is 59.1 Å². The van der Waals surface area contributed by atoms with Gasteiger partial charge in [0.1, 0.15) is 5.76 Å². The number of carbonyl (C=O) groups excluding carboxylic acids is 1. The summed E-state index contributed by atoms with van der Waals surface area (Å²) in [5, 5.41) is 0. The molecule has 20 heavy (non-hydrogen) atoms. The van der Waals surface area contributed by atoms with Crippen LogP contribution in [-0.2, 0) is 6.54 Å². The normalized spacial score (nSPS) is 14.2. The Labute approximate surface area is 125 Å². The Kier molecular flexibility index (Phi) is 3.53. The Balaban J connectivity index is 1.87. The first-order chi connectivity index (χ1) is 9.65. The summed E-state index contributed by atoms with van der Waals surface area (Å²) in [6.45, 7) is 0.498. The molecule has 1 saturated carbocycles. The molecule has 0 spiro atoms. The lowest BCUT2D eigenvalue weighted by Gasteiger charge is -2.22. The van der Waals surface area contributed by atoms with Gasteiger partial charge in [0.2, 0.25) is 0 Å². The average Bonchev–Trinajstić information content (AvgIpc) is 3.15. The molecule has 1 aromatic heterocycles. The summed E-state index contributed by atoms with van der Waals surface area (Å²) >= 11 is 3.42. The number of nitrogens with zero attached hydrogens (tertiary/aromatic N) is 1. The second-order valence-corrected chi connectivity index (χ2v) is 5.84. The van der Waals surface area contributed by atoms with Crippen LogP contribution in [0.5, 0.6) is 0 Å². The van der Waals surface area contributed by atoms with Crippen LogP contribution in [0.3, 0.4) is 0 Å². The van der Waals surface area contributed by atoms with Crippen molar-refractivity contribution in [2.75, 3.05) is 5.73 Å². The maximum atomic E-state index is 12.7. The standard InChI is InChI=1S/C15H15BrN2O2/c16-14-6-3-10(17)8-13(14)15(19)18(11-4-5-11)9-12-2-1-7-20-12/h1-3,6-8,11H,4-5,9,17H2. The molecule has 0 atom stereocenters. The Hall–Kier alpha value is -1.75.